The Balaban J connectivity index is 1.51. The molecule has 1 saturated carbocycles. The molecule has 2 fully saturated rings. The first-order valence-corrected chi connectivity index (χ1v) is 11.0. The highest BCUT2D eigenvalue weighted by atomic mass is 35.5. The van der Waals surface area contributed by atoms with Gasteiger partial charge in [0, 0.05) is 25.2 Å². The van der Waals surface area contributed by atoms with Gasteiger partial charge in [-0.2, -0.15) is 0 Å². The molecular weight excluding hydrogens is 387 g/mol. The number of amidine groups is 1. The van der Waals surface area contributed by atoms with Crippen LogP contribution in [0.4, 0.5) is 4.39 Å². The minimum atomic E-state index is -0.417. The van der Waals surface area contributed by atoms with Crippen LogP contribution >= 0.6 is 11.6 Å². The second-order valence-corrected chi connectivity index (χ2v) is 9.09. The van der Waals surface area contributed by atoms with Crippen LogP contribution in [0.25, 0.3) is 0 Å². The second-order valence-electron chi connectivity index (χ2n) is 8.68. The van der Waals surface area contributed by atoms with Gasteiger partial charge in [0.05, 0.1) is 16.8 Å². The number of hydrogen-bond donors (Lipinski definition) is 2. The largest absolute Gasteiger partial charge is 0.384 e. The number of likely N-dealkylation sites (tertiary alicyclic amines) is 1. The van der Waals surface area contributed by atoms with Crippen LogP contribution in [0.3, 0.4) is 0 Å². The van der Waals surface area contributed by atoms with Crippen molar-refractivity contribution in [1.82, 2.24) is 4.90 Å². The van der Waals surface area contributed by atoms with E-state index in [-0.39, 0.29) is 11.8 Å². The Morgan fingerprint density at radius 1 is 1.34 bits per heavy atom. The fourth-order valence-electron chi connectivity index (χ4n) is 4.86. The molecule has 0 bridgehead atoms. The maximum absolute atomic E-state index is 13.4. The van der Waals surface area contributed by atoms with Gasteiger partial charge in [0.2, 0.25) is 0 Å². The fourth-order valence-corrected chi connectivity index (χ4v) is 5.08. The van der Waals surface area contributed by atoms with Crippen LogP contribution in [-0.4, -0.2) is 42.1 Å². The number of benzene rings is 1. The van der Waals surface area contributed by atoms with E-state index < -0.39 is 5.82 Å². The number of nitrogens with one attached hydrogen (secondary N) is 1. The molecule has 4 atom stereocenters. The summed E-state index contributed by atoms with van der Waals surface area (Å²) in [6.07, 6.45) is 7.89. The molecule has 4 nitrogen and oxygen atoms in total. The van der Waals surface area contributed by atoms with Gasteiger partial charge in [-0.3, -0.25) is 4.99 Å². The van der Waals surface area contributed by atoms with E-state index in [1.165, 1.54) is 56.8 Å². The highest BCUT2D eigenvalue weighted by Gasteiger charge is 2.40. The SMILES string of the molecule is CCCC(C)CN1C[C@H]2CC(N=C(N)/C=C\C(=N)c3cc(F)ccc3Cl)C[C@H]2C1. The maximum atomic E-state index is 13.4. The van der Waals surface area contributed by atoms with E-state index >= 15 is 0 Å². The molecule has 1 aliphatic carbocycles. The predicted octanol–water partition coefficient (Wildman–Crippen LogP) is 4.91. The van der Waals surface area contributed by atoms with Crippen LogP contribution in [0.5, 0.6) is 0 Å². The molecule has 2 aliphatic rings. The lowest BCUT2D eigenvalue weighted by Crippen LogP contribution is -2.28. The molecule has 0 amide bonds. The van der Waals surface area contributed by atoms with Gasteiger partial charge in [0.15, 0.2) is 0 Å². The third-order valence-corrected chi connectivity index (χ3v) is 6.45. The number of aliphatic imine (C=N–C) groups is 1. The van der Waals surface area contributed by atoms with Crippen LogP contribution in [-0.2, 0) is 0 Å². The van der Waals surface area contributed by atoms with Crippen molar-refractivity contribution in [1.29, 1.82) is 5.41 Å². The third-order valence-electron chi connectivity index (χ3n) is 6.12. The van der Waals surface area contributed by atoms with E-state index in [4.69, 9.17) is 22.7 Å². The van der Waals surface area contributed by atoms with Gasteiger partial charge in [-0.1, -0.05) is 31.9 Å². The Bertz CT molecular complexity index is 777. The number of nitrogens with two attached hydrogens (primary N) is 1. The van der Waals surface area contributed by atoms with Crippen molar-refractivity contribution in [3.8, 4) is 0 Å². The Kier molecular flexibility index (Phi) is 7.47. The summed E-state index contributed by atoms with van der Waals surface area (Å²) in [6.45, 7) is 8.19. The highest BCUT2D eigenvalue weighted by Crippen LogP contribution is 2.39. The minimum Gasteiger partial charge on any atom is -0.384 e. The van der Waals surface area contributed by atoms with Crippen molar-refractivity contribution in [2.75, 3.05) is 19.6 Å². The molecule has 1 aromatic rings. The van der Waals surface area contributed by atoms with Gasteiger partial charge in [-0.25, -0.2) is 4.39 Å². The van der Waals surface area contributed by atoms with Gasteiger partial charge < -0.3 is 16.0 Å². The standard InChI is InChI=1S/C23H32ClFN4/c1-3-4-15(2)12-29-13-16-9-19(10-17(16)14-29)28-23(27)8-7-22(26)20-11-18(25)5-6-21(20)24/h5-8,11,15-17,19,26H,3-4,9-10,12-14H2,1-2H3,(H2,27,28)/b8-7-,26-22?/t15?,16-,17+,19?. The van der Waals surface area contributed by atoms with E-state index in [1.54, 1.807) is 6.08 Å². The molecule has 0 aromatic heterocycles. The number of nitrogens with zero attached hydrogens (tertiary/aromatic N) is 2. The third kappa shape index (κ3) is 5.89. The predicted molar refractivity (Wildman–Crippen MR) is 120 cm³/mol. The second kappa shape index (κ2) is 9.86. The van der Waals surface area contributed by atoms with Crippen LogP contribution < -0.4 is 5.73 Å². The van der Waals surface area contributed by atoms with Gasteiger partial charge in [0.25, 0.3) is 0 Å². The topological polar surface area (TPSA) is 65.5 Å². The smallest absolute Gasteiger partial charge is 0.123 e. The Morgan fingerprint density at radius 3 is 2.69 bits per heavy atom. The van der Waals surface area contributed by atoms with Crippen molar-refractivity contribution in [2.45, 2.75) is 45.6 Å². The monoisotopic (exact) mass is 418 g/mol. The summed E-state index contributed by atoms with van der Waals surface area (Å²) in [6, 6.07) is 4.25. The summed E-state index contributed by atoms with van der Waals surface area (Å²) in [5, 5.41) is 8.45. The molecule has 6 heteroatoms. The molecule has 158 valence electrons. The first-order valence-electron chi connectivity index (χ1n) is 10.6. The zero-order valence-electron chi connectivity index (χ0n) is 17.4. The molecule has 0 spiro atoms. The summed E-state index contributed by atoms with van der Waals surface area (Å²) in [5.74, 6) is 2.22. The Labute approximate surface area is 178 Å². The van der Waals surface area contributed by atoms with Crippen molar-refractivity contribution in [3.05, 3.63) is 46.8 Å². The van der Waals surface area contributed by atoms with Gasteiger partial charge in [-0.05, 0) is 67.4 Å². The van der Waals surface area contributed by atoms with E-state index in [1.807, 2.05) is 0 Å². The van der Waals surface area contributed by atoms with Crippen molar-refractivity contribution < 1.29 is 4.39 Å². The Morgan fingerprint density at radius 2 is 2.03 bits per heavy atom. The number of rotatable bonds is 8. The van der Waals surface area contributed by atoms with E-state index in [0.717, 1.165) is 30.6 Å². The number of hydrogen-bond acceptors (Lipinski definition) is 3. The van der Waals surface area contributed by atoms with Crippen LogP contribution in [0.15, 0.2) is 35.3 Å². The lowest BCUT2D eigenvalue weighted by molar-refractivity contribution is 0.258. The Hall–Kier alpha value is -1.72. The van der Waals surface area contributed by atoms with Crippen LogP contribution in [0.2, 0.25) is 5.02 Å². The van der Waals surface area contributed by atoms with Crippen molar-refractivity contribution in [3.63, 3.8) is 0 Å². The molecule has 3 N–H and O–H groups in total. The minimum absolute atomic E-state index is 0.118. The molecule has 2 unspecified atom stereocenters. The highest BCUT2D eigenvalue weighted by molar-refractivity contribution is 6.34. The molecule has 3 rings (SSSR count). The molecule has 1 saturated heterocycles. The summed E-state index contributed by atoms with van der Waals surface area (Å²) in [7, 11) is 0. The van der Waals surface area contributed by atoms with E-state index in [9.17, 15) is 4.39 Å². The maximum Gasteiger partial charge on any atom is 0.123 e. The van der Waals surface area contributed by atoms with Gasteiger partial charge >= 0.3 is 0 Å². The van der Waals surface area contributed by atoms with E-state index in [0.29, 0.717) is 16.4 Å². The first kappa shape index (κ1) is 22.0. The van der Waals surface area contributed by atoms with Crippen molar-refractivity contribution >= 4 is 23.1 Å². The molecule has 1 heterocycles. The average molecular weight is 419 g/mol. The lowest BCUT2D eigenvalue weighted by Gasteiger charge is -2.21. The molecular formula is C23H32ClFN4. The van der Waals surface area contributed by atoms with Gasteiger partial charge in [-0.15, -0.1) is 0 Å². The summed E-state index contributed by atoms with van der Waals surface area (Å²) < 4.78 is 13.4. The number of fused-ring (bicyclic) bond motifs is 1. The van der Waals surface area contributed by atoms with E-state index in [2.05, 4.69) is 23.7 Å². The van der Waals surface area contributed by atoms with Gasteiger partial charge in [0.1, 0.15) is 11.7 Å². The van der Waals surface area contributed by atoms with Crippen LogP contribution in [0.1, 0.15) is 45.1 Å². The normalized spacial score (nSPS) is 26.2. The quantitative estimate of drug-likeness (QED) is 0.465. The molecule has 29 heavy (non-hydrogen) atoms. The zero-order chi connectivity index (χ0) is 21.0. The molecule has 0 radical (unpaired) electrons. The van der Waals surface area contributed by atoms with Crippen molar-refractivity contribution in [2.24, 2.45) is 28.5 Å². The number of halogens is 2. The lowest BCUT2D eigenvalue weighted by atomic mass is 10.0. The summed E-state index contributed by atoms with van der Waals surface area (Å²) in [5.41, 5.74) is 6.54. The first-order chi connectivity index (χ1) is 13.9. The summed E-state index contributed by atoms with van der Waals surface area (Å²) >= 11 is 6.05. The fraction of sp³-hybridized carbons (Fsp3) is 0.565. The summed E-state index contributed by atoms with van der Waals surface area (Å²) in [4.78, 5) is 7.29. The van der Waals surface area contributed by atoms with Crippen LogP contribution in [0, 0.1) is 29.0 Å². The molecule has 1 aromatic carbocycles. The molecule has 1 aliphatic heterocycles. The number of allylic oxidation sites excluding steroid dienone is 1. The zero-order valence-corrected chi connectivity index (χ0v) is 18.1. The average Bonchev–Trinajstić information content (AvgIpc) is 3.19.